The number of ether oxygens (including phenoxy) is 1. The summed E-state index contributed by atoms with van der Waals surface area (Å²) in [6, 6.07) is 3.25. The van der Waals surface area contributed by atoms with Crippen molar-refractivity contribution in [1.29, 1.82) is 0 Å². The van der Waals surface area contributed by atoms with E-state index in [1.165, 1.54) is 6.07 Å². The summed E-state index contributed by atoms with van der Waals surface area (Å²) in [5.41, 5.74) is 0.106. The van der Waals surface area contributed by atoms with E-state index in [1.807, 2.05) is 0 Å². The van der Waals surface area contributed by atoms with Gasteiger partial charge in [-0.25, -0.2) is 0 Å². The zero-order valence-electron chi connectivity index (χ0n) is 10.5. The van der Waals surface area contributed by atoms with Crippen LogP contribution in [-0.2, 0) is 0 Å². The van der Waals surface area contributed by atoms with Gasteiger partial charge in [0.15, 0.2) is 0 Å². The molecule has 0 aliphatic rings. The Morgan fingerprint density at radius 1 is 0.739 bits per heavy atom. The number of hydrogen-bond acceptors (Lipinski definition) is 1. The van der Waals surface area contributed by atoms with E-state index in [0.717, 1.165) is 12.1 Å². The van der Waals surface area contributed by atoms with Crippen LogP contribution in [0.15, 0.2) is 18.2 Å². The van der Waals surface area contributed by atoms with Gasteiger partial charge in [-0.3, -0.25) is 0 Å². The van der Waals surface area contributed by atoms with E-state index >= 15 is 0 Å². The summed E-state index contributed by atoms with van der Waals surface area (Å²) in [7, 11) is 0. The molecule has 2 rings (SSSR count). The molecule has 0 unspecified atom stereocenters. The van der Waals surface area contributed by atoms with Gasteiger partial charge in [0.25, 0.3) is 0 Å². The molecule has 0 aliphatic heterocycles. The maximum atomic E-state index is 12.3. The summed E-state index contributed by atoms with van der Waals surface area (Å²) in [5, 5.41) is -0.412. The van der Waals surface area contributed by atoms with Crippen molar-refractivity contribution in [3.05, 3.63) is 48.3 Å². The molecule has 0 heterocycles. The van der Waals surface area contributed by atoms with Crippen molar-refractivity contribution in [2.45, 2.75) is 6.36 Å². The van der Waals surface area contributed by atoms with Crippen molar-refractivity contribution < 1.29 is 17.9 Å². The fraction of sp³-hybridized carbons (Fsp3) is 0.0769. The molecule has 0 aliphatic carbocycles. The van der Waals surface area contributed by atoms with E-state index in [-0.39, 0.29) is 41.3 Å². The fourth-order valence-electron chi connectivity index (χ4n) is 1.73. The van der Waals surface area contributed by atoms with Crippen molar-refractivity contribution in [1.82, 2.24) is 0 Å². The molecule has 0 saturated heterocycles. The van der Waals surface area contributed by atoms with Crippen LogP contribution in [0.25, 0.3) is 11.1 Å². The van der Waals surface area contributed by atoms with Crippen molar-refractivity contribution in [3.8, 4) is 16.9 Å². The van der Waals surface area contributed by atoms with E-state index in [0.29, 0.717) is 0 Å². The molecular weight excluding hydrogens is 442 g/mol. The number of hydrogen-bond donors (Lipinski definition) is 0. The van der Waals surface area contributed by atoms with Crippen LogP contribution in [0.5, 0.6) is 5.75 Å². The molecule has 0 fully saturated rings. The fourth-order valence-corrected chi connectivity index (χ4v) is 3.29. The highest BCUT2D eigenvalue weighted by atomic mass is 35.5. The second kappa shape index (κ2) is 6.95. The van der Waals surface area contributed by atoms with Gasteiger partial charge in [0.2, 0.25) is 0 Å². The Hall–Kier alpha value is -0.230. The Morgan fingerprint density at radius 3 is 1.70 bits per heavy atom. The van der Waals surface area contributed by atoms with Crippen molar-refractivity contribution in [2.75, 3.05) is 0 Å². The van der Waals surface area contributed by atoms with E-state index in [4.69, 9.17) is 69.6 Å². The maximum Gasteiger partial charge on any atom is 0.573 e. The molecule has 0 saturated carbocycles. The van der Waals surface area contributed by atoms with Crippen LogP contribution in [0.4, 0.5) is 13.2 Å². The van der Waals surface area contributed by atoms with Gasteiger partial charge in [-0.05, 0) is 18.2 Å². The number of alkyl halides is 3. The lowest BCUT2D eigenvalue weighted by Gasteiger charge is -2.15. The smallest absolute Gasteiger partial charge is 0.406 e. The lowest BCUT2D eigenvalue weighted by molar-refractivity contribution is -0.274. The third kappa shape index (κ3) is 4.06. The standard InChI is InChI=1S/C13H3Cl6F3O/c14-6-2-1-4(23-13(20,21)22)3-5(6)7-8(15)10(17)12(19)11(18)9(7)16/h1-3H. The minimum absolute atomic E-state index is 0.0466. The molecular formula is C13H3Cl6F3O. The van der Waals surface area contributed by atoms with E-state index in [1.54, 1.807) is 0 Å². The van der Waals surface area contributed by atoms with Gasteiger partial charge < -0.3 is 4.74 Å². The zero-order chi connectivity index (χ0) is 17.5. The first-order chi connectivity index (χ1) is 10.5. The van der Waals surface area contributed by atoms with E-state index in [2.05, 4.69) is 4.74 Å². The van der Waals surface area contributed by atoms with Gasteiger partial charge in [-0.2, -0.15) is 0 Å². The summed E-state index contributed by atoms with van der Waals surface area (Å²) < 4.78 is 40.9. The lowest BCUT2D eigenvalue weighted by Crippen LogP contribution is -2.17. The molecule has 0 spiro atoms. The van der Waals surface area contributed by atoms with Crippen LogP contribution in [0.2, 0.25) is 30.1 Å². The van der Waals surface area contributed by atoms with Gasteiger partial charge in [-0.1, -0.05) is 69.6 Å². The second-order valence-electron chi connectivity index (χ2n) is 4.13. The Morgan fingerprint density at radius 2 is 1.22 bits per heavy atom. The lowest BCUT2D eigenvalue weighted by atomic mass is 10.0. The third-order valence-electron chi connectivity index (χ3n) is 2.65. The van der Waals surface area contributed by atoms with Crippen LogP contribution >= 0.6 is 69.6 Å². The van der Waals surface area contributed by atoms with Crippen LogP contribution < -0.4 is 4.74 Å². The van der Waals surface area contributed by atoms with Crippen LogP contribution in [0.3, 0.4) is 0 Å². The monoisotopic (exact) mass is 442 g/mol. The zero-order valence-corrected chi connectivity index (χ0v) is 15.1. The van der Waals surface area contributed by atoms with Crippen molar-refractivity contribution in [2.24, 2.45) is 0 Å². The molecule has 10 heteroatoms. The molecule has 0 bridgehead atoms. The Kier molecular flexibility index (Phi) is 5.77. The predicted octanol–water partition coefficient (Wildman–Crippen LogP) is 8.17. The maximum absolute atomic E-state index is 12.3. The largest absolute Gasteiger partial charge is 0.573 e. The minimum Gasteiger partial charge on any atom is -0.406 e. The molecule has 0 aromatic heterocycles. The quantitative estimate of drug-likeness (QED) is 0.335. The topological polar surface area (TPSA) is 9.23 Å². The first kappa shape index (κ1) is 19.1. The first-order valence-corrected chi connectivity index (χ1v) is 7.86. The highest BCUT2D eigenvalue weighted by Crippen LogP contribution is 2.50. The van der Waals surface area contributed by atoms with Gasteiger partial charge >= 0.3 is 6.36 Å². The Balaban J connectivity index is 2.70. The summed E-state index contributed by atoms with van der Waals surface area (Å²) >= 11 is 36.0. The normalized spacial score (nSPS) is 11.7. The van der Waals surface area contributed by atoms with Crippen LogP contribution in [0.1, 0.15) is 0 Å². The molecule has 2 aromatic carbocycles. The molecule has 124 valence electrons. The molecule has 1 nitrogen and oxygen atoms in total. The Bertz CT molecular complexity index is 746. The molecule has 0 atom stereocenters. The number of halogens is 9. The average Bonchev–Trinajstić information content (AvgIpc) is 2.45. The van der Waals surface area contributed by atoms with E-state index in [9.17, 15) is 13.2 Å². The molecule has 0 radical (unpaired) electrons. The predicted molar refractivity (Wildman–Crippen MR) is 88.6 cm³/mol. The van der Waals surface area contributed by atoms with E-state index < -0.39 is 12.1 Å². The highest BCUT2D eigenvalue weighted by molar-refractivity contribution is 6.56. The summed E-state index contributed by atoms with van der Waals surface area (Å²) in [6.07, 6.45) is -4.87. The summed E-state index contributed by atoms with van der Waals surface area (Å²) in [4.78, 5) is 0. The first-order valence-electron chi connectivity index (χ1n) is 5.60. The summed E-state index contributed by atoms with van der Waals surface area (Å²) in [6.45, 7) is 0. The SMILES string of the molecule is FC(F)(F)Oc1ccc(Cl)c(-c2c(Cl)c(Cl)c(Cl)c(Cl)c2Cl)c1. The third-order valence-corrected chi connectivity index (χ3v) is 5.26. The Labute approximate surface area is 158 Å². The number of rotatable bonds is 2. The van der Waals surface area contributed by atoms with Crippen LogP contribution in [0, 0.1) is 0 Å². The molecule has 23 heavy (non-hydrogen) atoms. The highest BCUT2D eigenvalue weighted by Gasteiger charge is 2.31. The molecule has 0 N–H and O–H groups in total. The van der Waals surface area contributed by atoms with Gasteiger partial charge in [0.05, 0.1) is 25.1 Å². The van der Waals surface area contributed by atoms with Crippen molar-refractivity contribution in [3.63, 3.8) is 0 Å². The average molecular weight is 445 g/mol. The van der Waals surface area contributed by atoms with Crippen molar-refractivity contribution >= 4 is 69.6 Å². The minimum atomic E-state index is -4.87. The molecule has 0 amide bonds. The van der Waals surface area contributed by atoms with Crippen LogP contribution in [-0.4, -0.2) is 6.36 Å². The van der Waals surface area contributed by atoms with Gasteiger partial charge in [0, 0.05) is 16.1 Å². The molecule has 2 aromatic rings. The second-order valence-corrected chi connectivity index (χ2v) is 6.43. The van der Waals surface area contributed by atoms with Gasteiger partial charge in [0.1, 0.15) is 5.75 Å². The number of benzene rings is 2. The summed E-state index contributed by atoms with van der Waals surface area (Å²) in [5.74, 6) is -0.508. The van der Waals surface area contributed by atoms with Gasteiger partial charge in [-0.15, -0.1) is 13.2 Å².